The number of carbonyl (C=O) groups excluding carboxylic acids is 5. The van der Waals surface area contributed by atoms with E-state index in [1.165, 1.54) is 0 Å². The van der Waals surface area contributed by atoms with Crippen LogP contribution in [0.15, 0.2) is 0 Å². The molecular formula is C24H35N5O8S2. The zero-order valence-corrected chi connectivity index (χ0v) is 23.2. The molecule has 5 fully saturated rings. The predicted molar refractivity (Wildman–Crippen MR) is 143 cm³/mol. The number of rotatable bonds is 11. The molecule has 4 unspecified atom stereocenters. The van der Waals surface area contributed by atoms with Crippen molar-refractivity contribution < 1.29 is 38.7 Å². The van der Waals surface area contributed by atoms with E-state index in [0.29, 0.717) is 22.0 Å². The number of unbranched alkanes of at least 4 members (excludes halogenated alkanes) is 2. The zero-order valence-electron chi connectivity index (χ0n) is 21.5. The Hall–Kier alpha value is -2.68. The summed E-state index contributed by atoms with van der Waals surface area (Å²) < 4.78 is 0. The van der Waals surface area contributed by atoms with Crippen LogP contribution in [0.2, 0.25) is 0 Å². The summed E-state index contributed by atoms with van der Waals surface area (Å²) >= 11 is 3.70. The van der Waals surface area contributed by atoms with Gasteiger partial charge in [-0.25, -0.2) is 14.4 Å². The number of fused-ring (bicyclic) bond motifs is 2. The number of carboxylic acid groups (broad SMARTS) is 1. The van der Waals surface area contributed by atoms with Gasteiger partial charge in [0.25, 0.3) is 11.8 Å². The van der Waals surface area contributed by atoms with Crippen LogP contribution >= 0.6 is 23.5 Å². The normalized spacial score (nSPS) is 30.5. The Kier molecular flexibility index (Phi) is 10.2. The number of aliphatic carboxylic acids is 1. The second kappa shape index (κ2) is 13.6. The Balaban J connectivity index is 0.000000193. The Bertz CT molecular complexity index is 968. The van der Waals surface area contributed by atoms with E-state index in [1.807, 2.05) is 23.5 Å². The van der Waals surface area contributed by atoms with Crippen molar-refractivity contribution in [2.75, 3.05) is 11.5 Å². The lowest BCUT2D eigenvalue weighted by molar-refractivity contribution is -0.197. The third-order valence-corrected chi connectivity index (χ3v) is 10.3. The van der Waals surface area contributed by atoms with Gasteiger partial charge in [0.15, 0.2) is 0 Å². The molecule has 5 rings (SSSR count). The number of urea groups is 2. The molecule has 13 nitrogen and oxygen atoms in total. The highest BCUT2D eigenvalue weighted by molar-refractivity contribution is 8.00. The molecule has 0 spiro atoms. The number of thioether (sulfide) groups is 2. The second-order valence-electron chi connectivity index (χ2n) is 10.2. The van der Waals surface area contributed by atoms with Gasteiger partial charge >= 0.3 is 24.0 Å². The lowest BCUT2D eigenvalue weighted by Crippen LogP contribution is -2.36. The number of nitrogens with zero attached hydrogens (tertiary/aromatic N) is 1. The first kappa shape index (κ1) is 29.3. The fraction of sp³-hybridized carbons (Fsp3) is 0.750. The van der Waals surface area contributed by atoms with Gasteiger partial charge in [0.1, 0.15) is 0 Å². The number of hydrogen-bond acceptors (Lipinski definition) is 9. The molecule has 0 aromatic carbocycles. The van der Waals surface area contributed by atoms with Crippen molar-refractivity contribution >= 4 is 59.3 Å². The summed E-state index contributed by atoms with van der Waals surface area (Å²) in [7, 11) is 0. The van der Waals surface area contributed by atoms with E-state index in [9.17, 15) is 28.8 Å². The summed E-state index contributed by atoms with van der Waals surface area (Å²) in [4.78, 5) is 71.9. The molecule has 5 aliphatic heterocycles. The lowest BCUT2D eigenvalue weighted by Gasteiger charge is -2.16. The number of imide groups is 1. The van der Waals surface area contributed by atoms with Crippen LogP contribution in [0.25, 0.3) is 0 Å². The van der Waals surface area contributed by atoms with Gasteiger partial charge in [-0.3, -0.25) is 14.4 Å². The van der Waals surface area contributed by atoms with Gasteiger partial charge in [-0.2, -0.15) is 23.5 Å². The number of nitrogens with one attached hydrogen (secondary N) is 4. The smallest absolute Gasteiger partial charge is 0.333 e. The Labute approximate surface area is 234 Å². The van der Waals surface area contributed by atoms with Gasteiger partial charge in [-0.05, 0) is 25.7 Å². The molecule has 15 heteroatoms. The van der Waals surface area contributed by atoms with Crippen LogP contribution in [-0.4, -0.2) is 92.2 Å². The average molecular weight is 586 g/mol. The van der Waals surface area contributed by atoms with E-state index in [2.05, 4.69) is 21.3 Å². The molecule has 0 bridgehead atoms. The van der Waals surface area contributed by atoms with Crippen LogP contribution < -0.4 is 21.3 Å². The van der Waals surface area contributed by atoms with Gasteiger partial charge in [-0.1, -0.05) is 12.8 Å². The fourth-order valence-corrected chi connectivity index (χ4v) is 8.42. The summed E-state index contributed by atoms with van der Waals surface area (Å²) in [6, 6.07) is 0.706. The van der Waals surface area contributed by atoms with Gasteiger partial charge in [0.05, 0.1) is 24.2 Å². The van der Waals surface area contributed by atoms with Gasteiger partial charge in [0, 0.05) is 47.7 Å². The van der Waals surface area contributed by atoms with E-state index < -0.39 is 23.8 Å². The molecule has 5 saturated heterocycles. The first-order chi connectivity index (χ1) is 18.7. The molecule has 39 heavy (non-hydrogen) atoms. The largest absolute Gasteiger partial charge is 0.481 e. The average Bonchev–Trinajstić information content (AvgIpc) is 3.68. The molecule has 0 radical (unpaired) electrons. The van der Waals surface area contributed by atoms with Crippen molar-refractivity contribution in [1.82, 2.24) is 26.3 Å². The number of hydroxylamine groups is 2. The molecule has 5 N–H and O–H groups in total. The zero-order chi connectivity index (χ0) is 27.9. The van der Waals surface area contributed by atoms with Crippen LogP contribution in [0.1, 0.15) is 64.2 Å². The van der Waals surface area contributed by atoms with Gasteiger partial charge < -0.3 is 31.2 Å². The van der Waals surface area contributed by atoms with E-state index in [-0.39, 0.29) is 61.9 Å². The second-order valence-corrected chi connectivity index (χ2v) is 12.7. The Morgan fingerprint density at radius 3 is 1.74 bits per heavy atom. The molecule has 0 saturated carbocycles. The predicted octanol–water partition coefficient (Wildman–Crippen LogP) is 1.12. The maximum Gasteiger partial charge on any atom is 0.333 e. The molecule has 0 aliphatic carbocycles. The number of hydrogen-bond donors (Lipinski definition) is 5. The Morgan fingerprint density at radius 1 is 0.769 bits per heavy atom. The van der Waals surface area contributed by atoms with Crippen molar-refractivity contribution in [2.45, 2.75) is 98.9 Å². The van der Waals surface area contributed by atoms with E-state index in [1.54, 1.807) is 0 Å². The lowest BCUT2D eigenvalue weighted by atomic mass is 10.0. The molecule has 0 aromatic rings. The van der Waals surface area contributed by atoms with Crippen molar-refractivity contribution in [3.63, 3.8) is 0 Å². The van der Waals surface area contributed by atoms with Crippen LogP contribution in [0, 0.1) is 0 Å². The van der Waals surface area contributed by atoms with E-state index in [4.69, 9.17) is 9.94 Å². The number of carbonyl (C=O) groups is 6. The molecule has 216 valence electrons. The maximum absolute atomic E-state index is 11.7. The summed E-state index contributed by atoms with van der Waals surface area (Å²) in [5.74, 6) is -0.320. The monoisotopic (exact) mass is 585 g/mol. The highest BCUT2D eigenvalue weighted by Crippen LogP contribution is 2.34. The van der Waals surface area contributed by atoms with Crippen molar-refractivity contribution in [3.05, 3.63) is 0 Å². The van der Waals surface area contributed by atoms with Crippen molar-refractivity contribution in [1.29, 1.82) is 0 Å². The van der Waals surface area contributed by atoms with Crippen molar-refractivity contribution in [3.8, 4) is 0 Å². The van der Waals surface area contributed by atoms with Crippen LogP contribution in [0.3, 0.4) is 0 Å². The summed E-state index contributed by atoms with van der Waals surface area (Å²) in [5.41, 5.74) is 0. The third kappa shape index (κ3) is 7.93. The SMILES string of the molecule is O=C(O)CCCC[C@@H]1SCC2NC(=O)NC21.O=C1NC2CS[C@@H](CCCCC(=O)ON3C(=O)CCC3=O)C2N1. The quantitative estimate of drug-likeness (QED) is 0.134. The molecule has 5 heterocycles. The molecule has 6 atom stereocenters. The van der Waals surface area contributed by atoms with Crippen molar-refractivity contribution in [2.24, 2.45) is 0 Å². The highest BCUT2D eigenvalue weighted by Gasteiger charge is 2.43. The molecule has 0 aromatic heterocycles. The number of carboxylic acids is 1. The van der Waals surface area contributed by atoms with Crippen LogP contribution in [0.5, 0.6) is 0 Å². The van der Waals surface area contributed by atoms with Gasteiger partial charge in [-0.15, -0.1) is 5.06 Å². The maximum atomic E-state index is 11.7. The molecule has 5 aliphatic rings. The van der Waals surface area contributed by atoms with Crippen LogP contribution in [0.4, 0.5) is 9.59 Å². The minimum atomic E-state index is -0.729. The molecule has 6 amide bonds. The number of amides is 6. The summed E-state index contributed by atoms with van der Waals surface area (Å²) in [6.45, 7) is 0. The third-order valence-electron chi connectivity index (χ3n) is 7.32. The van der Waals surface area contributed by atoms with E-state index >= 15 is 0 Å². The molecular weight excluding hydrogens is 550 g/mol. The van der Waals surface area contributed by atoms with Crippen LogP contribution in [-0.2, 0) is 24.0 Å². The Morgan fingerprint density at radius 2 is 1.26 bits per heavy atom. The van der Waals surface area contributed by atoms with Gasteiger partial charge in [0.2, 0.25) is 0 Å². The highest BCUT2D eigenvalue weighted by atomic mass is 32.2. The first-order valence-corrected chi connectivity index (χ1v) is 15.5. The minimum Gasteiger partial charge on any atom is -0.481 e. The standard InChI is InChI=1S/C14H19N3O5S.C10H16N2O3S/c18-10-5-6-11(19)17(10)22-12(20)4-2-1-3-9-13-8(7-23-9)15-14(21)16-13;13-8(14)4-2-1-3-7-9-6(5-16-7)11-10(15)12-9/h8-9,13H,1-7H2,(H2,15,16,21);6-7,9H,1-5H2,(H,13,14)(H2,11,12,15)/t8?,9-,13?;6?,7-,9?/m00/s1. The fourth-order valence-electron chi connectivity index (χ4n) is 5.33. The summed E-state index contributed by atoms with van der Waals surface area (Å²) in [6.07, 6.45) is 5.63. The minimum absolute atomic E-state index is 0.0640. The summed E-state index contributed by atoms with van der Waals surface area (Å²) in [5, 5.41) is 21.5. The topological polar surface area (TPSA) is 183 Å². The first-order valence-electron chi connectivity index (χ1n) is 13.4. The van der Waals surface area contributed by atoms with E-state index in [0.717, 1.165) is 43.6 Å².